The van der Waals surface area contributed by atoms with E-state index in [9.17, 15) is 9.59 Å². The van der Waals surface area contributed by atoms with Crippen LogP contribution < -0.4 is 17.0 Å². The molecule has 0 bridgehead atoms. The molecule has 0 atom stereocenters. The lowest BCUT2D eigenvalue weighted by molar-refractivity contribution is -0.130. The highest BCUT2D eigenvalue weighted by molar-refractivity contribution is 5.90. The number of rotatable bonds is 2. The first-order valence-corrected chi connectivity index (χ1v) is 5.89. The third-order valence-corrected chi connectivity index (χ3v) is 3.84. The van der Waals surface area contributed by atoms with E-state index in [1.54, 1.807) is 0 Å². The topological polar surface area (TPSA) is 104 Å². The predicted octanol–water partition coefficient (Wildman–Crippen LogP) is 0.268. The van der Waals surface area contributed by atoms with Gasteiger partial charge < -0.3 is 9.97 Å². The van der Waals surface area contributed by atoms with Crippen LogP contribution in [0.25, 0.3) is 11.0 Å². The number of carbonyl (C=O) groups is 1. The Morgan fingerprint density at radius 1 is 1.28 bits per heavy atom. The van der Waals surface area contributed by atoms with Gasteiger partial charge in [-0.05, 0) is 30.5 Å². The number of aromatic amines is 2. The lowest BCUT2D eigenvalue weighted by Gasteiger charge is -2.40. The molecule has 1 aromatic carbocycles. The second-order valence-electron chi connectivity index (χ2n) is 4.75. The molecule has 0 radical (unpaired) electrons. The van der Waals surface area contributed by atoms with Gasteiger partial charge in [0.05, 0.1) is 16.4 Å². The van der Waals surface area contributed by atoms with Crippen LogP contribution in [-0.2, 0) is 10.2 Å². The minimum atomic E-state index is -0.531. The van der Waals surface area contributed by atoms with Crippen LogP contribution in [0.3, 0.4) is 0 Å². The smallest absolute Gasteiger partial charge is 0.306 e. The van der Waals surface area contributed by atoms with Gasteiger partial charge in [0.25, 0.3) is 0 Å². The Hall–Kier alpha value is -2.08. The van der Waals surface area contributed by atoms with E-state index in [0.29, 0.717) is 5.52 Å². The number of hydrazine groups is 1. The van der Waals surface area contributed by atoms with E-state index in [1.165, 1.54) is 0 Å². The molecule has 1 heterocycles. The number of nitrogens with two attached hydrogens (primary N) is 1. The fraction of sp³-hybridized carbons (Fsp3) is 0.333. The summed E-state index contributed by atoms with van der Waals surface area (Å²) in [6, 6.07) is 5.54. The van der Waals surface area contributed by atoms with E-state index >= 15 is 0 Å². The molecule has 0 aliphatic heterocycles. The molecule has 2 aromatic rings. The van der Waals surface area contributed by atoms with Gasteiger partial charge in [-0.1, -0.05) is 12.5 Å². The normalized spacial score (nSPS) is 17.4. The maximum absolute atomic E-state index is 11.9. The second-order valence-corrected chi connectivity index (χ2v) is 4.75. The van der Waals surface area contributed by atoms with Crippen LogP contribution in [0.1, 0.15) is 24.8 Å². The highest BCUT2D eigenvalue weighted by Crippen LogP contribution is 2.44. The van der Waals surface area contributed by atoms with Crippen molar-refractivity contribution in [1.82, 2.24) is 15.4 Å². The summed E-state index contributed by atoms with van der Waals surface area (Å²) in [5, 5.41) is 0. The second kappa shape index (κ2) is 3.71. The van der Waals surface area contributed by atoms with Gasteiger partial charge in [0, 0.05) is 0 Å². The number of amides is 1. The number of fused-ring (bicyclic) bond motifs is 1. The summed E-state index contributed by atoms with van der Waals surface area (Å²) in [4.78, 5) is 28.5. The third-order valence-electron chi connectivity index (χ3n) is 3.84. The first-order chi connectivity index (χ1) is 8.65. The van der Waals surface area contributed by atoms with E-state index in [0.717, 1.165) is 30.3 Å². The number of carbonyl (C=O) groups excluding carboxylic acids is 1. The van der Waals surface area contributed by atoms with Gasteiger partial charge >= 0.3 is 5.69 Å². The Labute approximate surface area is 103 Å². The van der Waals surface area contributed by atoms with Gasteiger partial charge in [0.1, 0.15) is 0 Å². The Morgan fingerprint density at radius 3 is 2.61 bits per heavy atom. The van der Waals surface area contributed by atoms with Gasteiger partial charge in [-0.15, -0.1) is 0 Å². The summed E-state index contributed by atoms with van der Waals surface area (Å²) >= 11 is 0. The number of nitrogens with one attached hydrogen (secondary N) is 3. The highest BCUT2D eigenvalue weighted by atomic mass is 16.2. The van der Waals surface area contributed by atoms with E-state index in [2.05, 4.69) is 15.4 Å². The molecular formula is C12H14N4O2. The van der Waals surface area contributed by atoms with Crippen molar-refractivity contribution in [3.05, 3.63) is 34.2 Å². The van der Waals surface area contributed by atoms with Crippen LogP contribution in [0.2, 0.25) is 0 Å². The summed E-state index contributed by atoms with van der Waals surface area (Å²) in [6.07, 6.45) is 2.58. The molecular weight excluding hydrogens is 232 g/mol. The van der Waals surface area contributed by atoms with Crippen LogP contribution >= 0.6 is 0 Å². The Bertz CT molecular complexity index is 666. The first kappa shape index (κ1) is 11.0. The maximum Gasteiger partial charge on any atom is 0.323 e. The van der Waals surface area contributed by atoms with Crippen molar-refractivity contribution in [1.29, 1.82) is 0 Å². The van der Waals surface area contributed by atoms with Crippen LogP contribution in [0, 0.1) is 0 Å². The lowest BCUT2D eigenvalue weighted by atomic mass is 9.64. The SMILES string of the molecule is NNC(=O)C1(c2ccc3[nH]c(=O)[nH]c3c2)CCC1. The van der Waals surface area contributed by atoms with Gasteiger partial charge in [-0.3, -0.25) is 10.2 Å². The Balaban J connectivity index is 2.12. The van der Waals surface area contributed by atoms with E-state index in [4.69, 9.17) is 5.84 Å². The van der Waals surface area contributed by atoms with Crippen LogP contribution in [0.5, 0.6) is 0 Å². The number of H-pyrrole nitrogens is 2. The molecule has 1 fully saturated rings. The molecule has 0 spiro atoms. The maximum atomic E-state index is 11.9. The summed E-state index contributed by atoms with van der Waals surface area (Å²) in [6.45, 7) is 0. The fourth-order valence-electron chi connectivity index (χ4n) is 2.65. The minimum Gasteiger partial charge on any atom is -0.306 e. The standard InChI is InChI=1S/C12H14N4O2/c13-16-10(17)12(4-1-5-12)7-2-3-8-9(6-7)15-11(18)14-8/h2-3,6H,1,4-5,13H2,(H,16,17)(H2,14,15,18). The van der Waals surface area contributed by atoms with Crippen molar-refractivity contribution in [3.63, 3.8) is 0 Å². The van der Waals surface area contributed by atoms with Gasteiger partial charge in [-0.25, -0.2) is 10.6 Å². The quantitative estimate of drug-likeness (QED) is 0.347. The fourth-order valence-corrected chi connectivity index (χ4v) is 2.65. The van der Waals surface area contributed by atoms with Gasteiger partial charge in [0.15, 0.2) is 0 Å². The van der Waals surface area contributed by atoms with Crippen molar-refractivity contribution in [2.45, 2.75) is 24.7 Å². The molecule has 0 unspecified atom stereocenters. The monoisotopic (exact) mass is 246 g/mol. The first-order valence-electron chi connectivity index (χ1n) is 5.89. The van der Waals surface area contributed by atoms with Crippen LogP contribution in [0.15, 0.2) is 23.0 Å². The molecule has 1 saturated carbocycles. The summed E-state index contributed by atoms with van der Waals surface area (Å²) < 4.78 is 0. The van der Waals surface area contributed by atoms with Crippen LogP contribution in [-0.4, -0.2) is 15.9 Å². The van der Waals surface area contributed by atoms with E-state index < -0.39 is 5.41 Å². The summed E-state index contributed by atoms with van der Waals surface area (Å²) in [5.41, 5.74) is 3.83. The van der Waals surface area contributed by atoms with E-state index in [-0.39, 0.29) is 11.6 Å². The zero-order valence-electron chi connectivity index (χ0n) is 9.75. The van der Waals surface area contributed by atoms with Crippen molar-refractivity contribution in [2.24, 2.45) is 5.84 Å². The lowest BCUT2D eigenvalue weighted by Crippen LogP contribution is -2.51. The van der Waals surface area contributed by atoms with Crippen molar-refractivity contribution < 1.29 is 4.79 Å². The van der Waals surface area contributed by atoms with Gasteiger partial charge in [-0.2, -0.15) is 0 Å². The molecule has 0 saturated heterocycles. The molecule has 3 rings (SSSR count). The molecule has 1 aromatic heterocycles. The molecule has 18 heavy (non-hydrogen) atoms. The molecule has 6 heteroatoms. The van der Waals surface area contributed by atoms with E-state index in [1.807, 2.05) is 18.2 Å². The largest absolute Gasteiger partial charge is 0.323 e. The average molecular weight is 246 g/mol. The number of benzene rings is 1. The van der Waals surface area contributed by atoms with Crippen LogP contribution in [0.4, 0.5) is 0 Å². The summed E-state index contributed by atoms with van der Waals surface area (Å²) in [7, 11) is 0. The third kappa shape index (κ3) is 1.39. The van der Waals surface area contributed by atoms with Crippen molar-refractivity contribution >= 4 is 16.9 Å². The zero-order valence-corrected chi connectivity index (χ0v) is 9.75. The van der Waals surface area contributed by atoms with Gasteiger partial charge in [0.2, 0.25) is 5.91 Å². The number of hydrogen-bond donors (Lipinski definition) is 4. The Kier molecular flexibility index (Phi) is 2.27. The van der Waals surface area contributed by atoms with Crippen molar-refractivity contribution in [2.75, 3.05) is 0 Å². The highest BCUT2D eigenvalue weighted by Gasteiger charge is 2.45. The number of imidazole rings is 1. The van der Waals surface area contributed by atoms with Crippen molar-refractivity contribution in [3.8, 4) is 0 Å². The predicted molar refractivity (Wildman–Crippen MR) is 66.8 cm³/mol. The zero-order chi connectivity index (χ0) is 12.8. The minimum absolute atomic E-state index is 0.161. The average Bonchev–Trinajstić information content (AvgIpc) is 2.66. The summed E-state index contributed by atoms with van der Waals surface area (Å²) in [5.74, 6) is 5.10. The molecule has 5 N–H and O–H groups in total. The Morgan fingerprint density at radius 2 is 2.00 bits per heavy atom. The number of hydrogen-bond acceptors (Lipinski definition) is 3. The molecule has 1 aliphatic carbocycles. The molecule has 6 nitrogen and oxygen atoms in total. The molecule has 1 aliphatic rings. The number of aromatic nitrogens is 2. The molecule has 94 valence electrons. The molecule has 1 amide bonds.